The molecule has 0 saturated carbocycles. The fourth-order valence-electron chi connectivity index (χ4n) is 1.46. The van der Waals surface area contributed by atoms with Crippen LogP contribution in [0.3, 0.4) is 0 Å². The molecule has 0 bridgehead atoms. The predicted octanol–water partition coefficient (Wildman–Crippen LogP) is 3.49. The molecule has 1 aromatic carbocycles. The summed E-state index contributed by atoms with van der Waals surface area (Å²) in [4.78, 5) is 3.52. The van der Waals surface area contributed by atoms with Gasteiger partial charge in [0.2, 0.25) is 0 Å². The van der Waals surface area contributed by atoms with Gasteiger partial charge in [-0.1, -0.05) is 11.6 Å². The van der Waals surface area contributed by atoms with Gasteiger partial charge in [0.05, 0.1) is 5.56 Å². The fourth-order valence-corrected chi connectivity index (χ4v) is 1.63. The Labute approximate surface area is 93.8 Å². The molecule has 2 nitrogen and oxygen atoms in total. The lowest BCUT2D eigenvalue weighted by molar-refractivity contribution is -0.136. The predicted molar refractivity (Wildman–Crippen MR) is 56.2 cm³/mol. The number of pyridine rings is 1. The molecule has 1 aromatic heterocycles. The van der Waals surface area contributed by atoms with Crippen LogP contribution in [0.5, 0.6) is 0 Å². The maximum absolute atomic E-state index is 12.7. The van der Waals surface area contributed by atoms with E-state index in [2.05, 4.69) is 4.98 Å². The number of aromatic nitrogens is 1. The SMILES string of the molecule is Nc1ncc(C(F)(F)F)c2cc(Cl)ccc12. The maximum atomic E-state index is 12.7. The summed E-state index contributed by atoms with van der Waals surface area (Å²) in [5.41, 5.74) is 4.66. The second-order valence-electron chi connectivity index (χ2n) is 3.24. The first kappa shape index (κ1) is 11.0. The molecule has 0 radical (unpaired) electrons. The molecule has 16 heavy (non-hydrogen) atoms. The molecular weight excluding hydrogens is 241 g/mol. The molecular formula is C10H6ClF3N2. The lowest BCUT2D eigenvalue weighted by Gasteiger charge is -2.11. The van der Waals surface area contributed by atoms with Crippen LogP contribution >= 0.6 is 11.6 Å². The third-order valence-electron chi connectivity index (χ3n) is 2.19. The minimum Gasteiger partial charge on any atom is -0.383 e. The first-order chi connectivity index (χ1) is 7.39. The molecule has 2 rings (SSSR count). The number of anilines is 1. The average Bonchev–Trinajstić information content (AvgIpc) is 2.15. The Hall–Kier alpha value is -1.49. The van der Waals surface area contributed by atoms with Crippen molar-refractivity contribution in [2.75, 3.05) is 5.73 Å². The number of nitrogens with two attached hydrogens (primary N) is 1. The monoisotopic (exact) mass is 246 g/mol. The Morgan fingerprint density at radius 3 is 2.50 bits per heavy atom. The number of alkyl halides is 3. The van der Waals surface area contributed by atoms with Crippen LogP contribution in [0.25, 0.3) is 10.8 Å². The van der Waals surface area contributed by atoms with Crippen molar-refractivity contribution in [3.63, 3.8) is 0 Å². The van der Waals surface area contributed by atoms with Gasteiger partial charge in [0.15, 0.2) is 0 Å². The van der Waals surface area contributed by atoms with E-state index in [4.69, 9.17) is 17.3 Å². The van der Waals surface area contributed by atoms with Crippen molar-refractivity contribution < 1.29 is 13.2 Å². The van der Waals surface area contributed by atoms with Gasteiger partial charge in [0, 0.05) is 22.0 Å². The number of benzene rings is 1. The molecule has 2 aromatic rings. The zero-order valence-corrected chi connectivity index (χ0v) is 8.60. The highest BCUT2D eigenvalue weighted by Crippen LogP contribution is 2.36. The highest BCUT2D eigenvalue weighted by molar-refractivity contribution is 6.31. The van der Waals surface area contributed by atoms with Crippen LogP contribution in [-0.4, -0.2) is 4.98 Å². The average molecular weight is 247 g/mol. The highest BCUT2D eigenvalue weighted by atomic mass is 35.5. The molecule has 1 heterocycles. The lowest BCUT2D eigenvalue weighted by atomic mass is 10.1. The quantitative estimate of drug-likeness (QED) is 0.773. The van der Waals surface area contributed by atoms with E-state index in [0.717, 1.165) is 0 Å². The summed E-state index contributed by atoms with van der Waals surface area (Å²) in [6.45, 7) is 0. The molecule has 0 aliphatic heterocycles. The van der Waals surface area contributed by atoms with Crippen LogP contribution in [-0.2, 0) is 6.18 Å². The first-order valence-electron chi connectivity index (χ1n) is 4.30. The first-order valence-corrected chi connectivity index (χ1v) is 4.68. The van der Waals surface area contributed by atoms with Crippen molar-refractivity contribution >= 4 is 28.2 Å². The topological polar surface area (TPSA) is 38.9 Å². The van der Waals surface area contributed by atoms with E-state index >= 15 is 0 Å². The van der Waals surface area contributed by atoms with Gasteiger partial charge in [0.25, 0.3) is 0 Å². The van der Waals surface area contributed by atoms with Crippen LogP contribution < -0.4 is 5.73 Å². The van der Waals surface area contributed by atoms with Crippen molar-refractivity contribution in [3.05, 3.63) is 35.0 Å². The van der Waals surface area contributed by atoms with Gasteiger partial charge < -0.3 is 5.73 Å². The number of rotatable bonds is 0. The molecule has 6 heteroatoms. The summed E-state index contributed by atoms with van der Waals surface area (Å²) in [5.74, 6) is 0.0552. The summed E-state index contributed by atoms with van der Waals surface area (Å²) < 4.78 is 38.0. The third kappa shape index (κ3) is 1.78. The Bertz CT molecular complexity index is 551. The van der Waals surface area contributed by atoms with Crippen molar-refractivity contribution in [2.45, 2.75) is 6.18 Å². The molecule has 0 aliphatic rings. The number of nitrogens with zero attached hydrogens (tertiary/aromatic N) is 1. The van der Waals surface area contributed by atoms with Crippen LogP contribution in [0.2, 0.25) is 5.02 Å². The van der Waals surface area contributed by atoms with Crippen molar-refractivity contribution in [3.8, 4) is 0 Å². The smallest absolute Gasteiger partial charge is 0.383 e. The van der Waals surface area contributed by atoms with Crippen molar-refractivity contribution in [1.29, 1.82) is 0 Å². The standard InChI is InChI=1S/C10H6ClF3N2/c11-5-1-2-6-7(3-5)8(10(12,13)14)4-16-9(6)15/h1-4H,(H2,15,16). The largest absolute Gasteiger partial charge is 0.418 e. The Morgan fingerprint density at radius 2 is 1.88 bits per heavy atom. The summed E-state index contributed by atoms with van der Waals surface area (Å²) in [6.07, 6.45) is -3.75. The lowest BCUT2D eigenvalue weighted by Crippen LogP contribution is -2.07. The van der Waals surface area contributed by atoms with E-state index in [0.29, 0.717) is 6.20 Å². The molecule has 0 amide bonds. The summed E-state index contributed by atoms with van der Waals surface area (Å²) in [7, 11) is 0. The number of hydrogen-bond donors (Lipinski definition) is 1. The van der Waals surface area contributed by atoms with Gasteiger partial charge >= 0.3 is 6.18 Å². The normalized spacial score (nSPS) is 12.0. The second kappa shape index (κ2) is 3.52. The van der Waals surface area contributed by atoms with Gasteiger partial charge in [-0.3, -0.25) is 0 Å². The summed E-state index contributed by atoms with van der Waals surface area (Å²) in [6, 6.07) is 4.13. The van der Waals surface area contributed by atoms with Gasteiger partial charge in [-0.25, -0.2) is 4.98 Å². The molecule has 0 aliphatic carbocycles. The van der Waals surface area contributed by atoms with Crippen LogP contribution in [0.15, 0.2) is 24.4 Å². The molecule has 0 unspecified atom stereocenters. The zero-order chi connectivity index (χ0) is 11.9. The van der Waals surface area contributed by atoms with Crippen LogP contribution in [0, 0.1) is 0 Å². The maximum Gasteiger partial charge on any atom is 0.418 e. The summed E-state index contributed by atoms with van der Waals surface area (Å²) in [5, 5.41) is 0.440. The van der Waals surface area contributed by atoms with E-state index < -0.39 is 11.7 Å². The second-order valence-corrected chi connectivity index (χ2v) is 3.68. The van der Waals surface area contributed by atoms with E-state index in [1.165, 1.54) is 18.2 Å². The van der Waals surface area contributed by atoms with E-state index in [1.807, 2.05) is 0 Å². The number of nitrogen functional groups attached to an aromatic ring is 1. The Balaban J connectivity index is 2.86. The third-order valence-corrected chi connectivity index (χ3v) is 2.42. The van der Waals surface area contributed by atoms with Crippen molar-refractivity contribution in [1.82, 2.24) is 4.98 Å². The van der Waals surface area contributed by atoms with E-state index in [9.17, 15) is 13.2 Å². The van der Waals surface area contributed by atoms with Gasteiger partial charge in [-0.2, -0.15) is 13.2 Å². The van der Waals surface area contributed by atoms with Gasteiger partial charge in [-0.15, -0.1) is 0 Å². The van der Waals surface area contributed by atoms with E-state index in [1.54, 1.807) is 0 Å². The Kier molecular flexibility index (Phi) is 2.42. The number of halogens is 4. The molecule has 2 N–H and O–H groups in total. The highest BCUT2D eigenvalue weighted by Gasteiger charge is 2.33. The summed E-state index contributed by atoms with van der Waals surface area (Å²) >= 11 is 5.66. The van der Waals surface area contributed by atoms with E-state index in [-0.39, 0.29) is 21.6 Å². The molecule has 0 fully saturated rings. The minimum absolute atomic E-state index is 0.0347. The molecule has 0 saturated heterocycles. The number of fused-ring (bicyclic) bond motifs is 1. The Morgan fingerprint density at radius 1 is 1.19 bits per heavy atom. The molecule has 0 spiro atoms. The van der Waals surface area contributed by atoms with Crippen LogP contribution in [0.1, 0.15) is 5.56 Å². The number of hydrogen-bond acceptors (Lipinski definition) is 2. The van der Waals surface area contributed by atoms with Crippen LogP contribution in [0.4, 0.5) is 19.0 Å². The fraction of sp³-hybridized carbons (Fsp3) is 0.100. The van der Waals surface area contributed by atoms with Gasteiger partial charge in [0.1, 0.15) is 5.82 Å². The minimum atomic E-state index is -4.47. The molecule has 84 valence electrons. The molecule has 0 atom stereocenters. The van der Waals surface area contributed by atoms with Crippen molar-refractivity contribution in [2.24, 2.45) is 0 Å². The van der Waals surface area contributed by atoms with Gasteiger partial charge in [-0.05, 0) is 18.2 Å². The zero-order valence-electron chi connectivity index (χ0n) is 7.85.